The Balaban J connectivity index is 1.44. The zero-order valence-corrected chi connectivity index (χ0v) is 17.6. The summed E-state index contributed by atoms with van der Waals surface area (Å²) in [7, 11) is 0. The first kappa shape index (κ1) is 19.3. The summed E-state index contributed by atoms with van der Waals surface area (Å²) >= 11 is 0. The minimum Gasteiger partial charge on any atom is -0.342 e. The first-order chi connectivity index (χ1) is 14.7. The SMILES string of the molecule is CCn1ccc(C(=O)N2CC[C@]3(C2)NCc2ccccc2NC3=NC2CCCC2)n1. The molecule has 0 radical (unpaired) electrons. The number of rotatable bonds is 3. The van der Waals surface area contributed by atoms with Crippen LogP contribution in [0.2, 0.25) is 0 Å². The van der Waals surface area contributed by atoms with E-state index in [1.165, 1.54) is 18.4 Å². The molecule has 1 aromatic carbocycles. The van der Waals surface area contributed by atoms with E-state index in [1.54, 1.807) is 4.68 Å². The van der Waals surface area contributed by atoms with Gasteiger partial charge in [-0.15, -0.1) is 0 Å². The van der Waals surface area contributed by atoms with Gasteiger partial charge < -0.3 is 10.2 Å². The summed E-state index contributed by atoms with van der Waals surface area (Å²) in [6.07, 6.45) is 7.53. The van der Waals surface area contributed by atoms with Crippen molar-refractivity contribution in [3.05, 3.63) is 47.8 Å². The van der Waals surface area contributed by atoms with E-state index >= 15 is 0 Å². The van der Waals surface area contributed by atoms with Gasteiger partial charge in [0.1, 0.15) is 11.5 Å². The molecule has 1 aliphatic carbocycles. The first-order valence-electron chi connectivity index (χ1n) is 11.2. The van der Waals surface area contributed by atoms with Crippen LogP contribution in [0.3, 0.4) is 0 Å². The van der Waals surface area contributed by atoms with E-state index in [0.717, 1.165) is 43.9 Å². The number of carbonyl (C=O) groups is 1. The number of aliphatic imine (C=N–C) groups is 1. The highest BCUT2D eigenvalue weighted by molar-refractivity contribution is 6.05. The molecule has 2 aliphatic heterocycles. The highest BCUT2D eigenvalue weighted by atomic mass is 16.2. The number of benzene rings is 1. The fourth-order valence-electron chi connectivity index (χ4n) is 4.90. The smallest absolute Gasteiger partial charge is 0.274 e. The Morgan fingerprint density at radius 2 is 2.10 bits per heavy atom. The highest BCUT2D eigenvalue weighted by Crippen LogP contribution is 2.32. The predicted octanol–water partition coefficient (Wildman–Crippen LogP) is 3.04. The van der Waals surface area contributed by atoms with E-state index in [4.69, 9.17) is 4.99 Å². The van der Waals surface area contributed by atoms with Crippen molar-refractivity contribution >= 4 is 17.4 Å². The normalized spacial score (nSPS) is 25.5. The van der Waals surface area contributed by atoms with Crippen molar-refractivity contribution < 1.29 is 4.79 Å². The molecule has 2 N–H and O–H groups in total. The lowest BCUT2D eigenvalue weighted by atomic mass is 9.96. The van der Waals surface area contributed by atoms with Crippen LogP contribution in [0.1, 0.15) is 55.1 Å². The molecule has 2 fully saturated rings. The number of aryl methyl sites for hydroxylation is 1. The van der Waals surface area contributed by atoms with Gasteiger partial charge in [-0.25, -0.2) is 0 Å². The second-order valence-electron chi connectivity index (χ2n) is 8.67. The van der Waals surface area contributed by atoms with Crippen LogP contribution >= 0.6 is 0 Å². The topological polar surface area (TPSA) is 74.6 Å². The molecule has 3 aliphatic rings. The van der Waals surface area contributed by atoms with Gasteiger partial charge in [-0.05, 0) is 43.9 Å². The number of carbonyl (C=O) groups excluding carboxylic acids is 1. The third-order valence-electron chi connectivity index (χ3n) is 6.72. The maximum atomic E-state index is 13.1. The number of aromatic nitrogens is 2. The predicted molar refractivity (Wildman–Crippen MR) is 118 cm³/mol. The van der Waals surface area contributed by atoms with Crippen LogP contribution in [-0.2, 0) is 13.1 Å². The highest BCUT2D eigenvalue weighted by Gasteiger charge is 2.46. The van der Waals surface area contributed by atoms with Crippen LogP contribution < -0.4 is 10.6 Å². The fourth-order valence-corrected chi connectivity index (χ4v) is 4.90. The largest absolute Gasteiger partial charge is 0.342 e. The van der Waals surface area contributed by atoms with E-state index in [9.17, 15) is 4.79 Å². The molecule has 2 aromatic rings. The molecule has 30 heavy (non-hydrogen) atoms. The average Bonchev–Trinajstić information content (AvgIpc) is 3.51. The number of para-hydroxylation sites is 1. The molecule has 5 rings (SSSR count). The molecule has 1 saturated heterocycles. The summed E-state index contributed by atoms with van der Waals surface area (Å²) in [5.74, 6) is 0.997. The standard InChI is InChI=1S/C23H30N6O/c1-2-29-13-11-20(27-29)21(30)28-14-12-23(16-28)22(25-18-8-4-5-9-18)26-19-10-6-3-7-17(19)15-24-23/h3,6-7,10-11,13,18,24H,2,4-5,8-9,12,14-16H2,1H3,(H,25,26)/t23-/m1/s1. The lowest BCUT2D eigenvalue weighted by Gasteiger charge is -2.31. The molecule has 7 nitrogen and oxygen atoms in total. The summed E-state index contributed by atoms with van der Waals surface area (Å²) in [4.78, 5) is 20.2. The Morgan fingerprint density at radius 3 is 2.90 bits per heavy atom. The van der Waals surface area contributed by atoms with Crippen LogP contribution in [0.15, 0.2) is 41.5 Å². The molecule has 0 unspecified atom stereocenters. The zero-order chi connectivity index (χ0) is 20.6. The molecule has 7 heteroatoms. The van der Waals surface area contributed by atoms with Crippen molar-refractivity contribution in [3.8, 4) is 0 Å². The molecule has 1 spiro atoms. The van der Waals surface area contributed by atoms with Crippen LogP contribution in [-0.4, -0.2) is 51.1 Å². The van der Waals surface area contributed by atoms with E-state index in [2.05, 4.69) is 40.0 Å². The minimum atomic E-state index is -0.343. The van der Waals surface area contributed by atoms with Gasteiger partial charge in [0.25, 0.3) is 5.91 Å². The second-order valence-corrected chi connectivity index (χ2v) is 8.67. The molecular formula is C23H30N6O. The fraction of sp³-hybridized carbons (Fsp3) is 0.522. The average molecular weight is 407 g/mol. The molecule has 0 bridgehead atoms. The van der Waals surface area contributed by atoms with Crippen LogP contribution in [0, 0.1) is 0 Å². The number of nitrogens with zero attached hydrogens (tertiary/aromatic N) is 4. The first-order valence-corrected chi connectivity index (χ1v) is 11.2. The summed E-state index contributed by atoms with van der Waals surface area (Å²) in [5.41, 5.74) is 2.53. The van der Waals surface area contributed by atoms with E-state index in [1.807, 2.05) is 24.1 Å². The van der Waals surface area contributed by atoms with Crippen molar-refractivity contribution in [2.24, 2.45) is 4.99 Å². The number of amides is 1. The zero-order valence-electron chi connectivity index (χ0n) is 17.6. The molecule has 1 aromatic heterocycles. The molecule has 3 heterocycles. The Bertz CT molecular complexity index is 960. The third kappa shape index (κ3) is 3.51. The number of likely N-dealkylation sites (tertiary alicyclic amines) is 1. The van der Waals surface area contributed by atoms with E-state index < -0.39 is 0 Å². The van der Waals surface area contributed by atoms with Gasteiger partial charge in [0.15, 0.2) is 0 Å². The number of anilines is 1. The van der Waals surface area contributed by atoms with Crippen molar-refractivity contribution in [2.75, 3.05) is 18.4 Å². The van der Waals surface area contributed by atoms with Gasteiger partial charge in [0.2, 0.25) is 0 Å². The summed E-state index contributed by atoms with van der Waals surface area (Å²) in [6.45, 7) is 4.86. The van der Waals surface area contributed by atoms with Crippen molar-refractivity contribution in [2.45, 2.75) is 63.7 Å². The van der Waals surface area contributed by atoms with E-state index in [0.29, 0.717) is 24.8 Å². The maximum Gasteiger partial charge on any atom is 0.274 e. The van der Waals surface area contributed by atoms with Crippen LogP contribution in [0.4, 0.5) is 5.69 Å². The second kappa shape index (κ2) is 7.87. The van der Waals surface area contributed by atoms with Gasteiger partial charge in [0, 0.05) is 38.1 Å². The number of amidine groups is 1. The van der Waals surface area contributed by atoms with Gasteiger partial charge in [-0.2, -0.15) is 5.10 Å². The Morgan fingerprint density at radius 1 is 1.27 bits per heavy atom. The number of hydrogen-bond donors (Lipinski definition) is 2. The van der Waals surface area contributed by atoms with Crippen molar-refractivity contribution in [3.63, 3.8) is 0 Å². The quantitative estimate of drug-likeness (QED) is 0.822. The molecule has 1 atom stereocenters. The monoisotopic (exact) mass is 406 g/mol. The minimum absolute atomic E-state index is 0.00264. The lowest BCUT2D eigenvalue weighted by molar-refractivity contribution is 0.0779. The van der Waals surface area contributed by atoms with Gasteiger partial charge in [0.05, 0.1) is 11.6 Å². The number of nitrogens with one attached hydrogen (secondary N) is 2. The third-order valence-corrected chi connectivity index (χ3v) is 6.72. The van der Waals surface area contributed by atoms with Crippen molar-refractivity contribution in [1.82, 2.24) is 20.0 Å². The number of hydrogen-bond acceptors (Lipinski definition) is 4. The van der Waals surface area contributed by atoms with Crippen LogP contribution in [0.25, 0.3) is 0 Å². The molecule has 158 valence electrons. The Labute approximate surface area is 177 Å². The van der Waals surface area contributed by atoms with Gasteiger partial charge in [-0.3, -0.25) is 19.8 Å². The van der Waals surface area contributed by atoms with Crippen molar-refractivity contribution in [1.29, 1.82) is 0 Å². The van der Waals surface area contributed by atoms with Gasteiger partial charge in [-0.1, -0.05) is 31.0 Å². The van der Waals surface area contributed by atoms with E-state index in [-0.39, 0.29) is 11.4 Å². The summed E-state index contributed by atoms with van der Waals surface area (Å²) < 4.78 is 1.80. The Kier molecular flexibility index (Phi) is 5.06. The summed E-state index contributed by atoms with van der Waals surface area (Å²) in [6, 6.07) is 10.6. The molecule has 1 saturated carbocycles. The Hall–Kier alpha value is -2.67. The lowest BCUT2D eigenvalue weighted by Crippen LogP contribution is -2.55. The van der Waals surface area contributed by atoms with Crippen LogP contribution in [0.5, 0.6) is 0 Å². The molecular weight excluding hydrogens is 376 g/mol. The number of fused-ring (bicyclic) bond motifs is 1. The maximum absolute atomic E-state index is 13.1. The summed E-state index contributed by atoms with van der Waals surface area (Å²) in [5, 5.41) is 11.9. The van der Waals surface area contributed by atoms with Gasteiger partial charge >= 0.3 is 0 Å². The molecule has 1 amide bonds.